The van der Waals surface area contributed by atoms with Crippen molar-refractivity contribution in [3.63, 3.8) is 0 Å². The zero-order chi connectivity index (χ0) is 14.6. The molecule has 1 saturated carbocycles. The third-order valence-corrected chi connectivity index (χ3v) is 3.92. The lowest BCUT2D eigenvalue weighted by atomic mass is 9.85. The van der Waals surface area contributed by atoms with Crippen LogP contribution in [0.3, 0.4) is 0 Å². The van der Waals surface area contributed by atoms with Gasteiger partial charge in [-0.15, -0.1) is 0 Å². The van der Waals surface area contributed by atoms with Crippen LogP contribution >= 0.6 is 0 Å². The van der Waals surface area contributed by atoms with Crippen LogP contribution in [0.1, 0.15) is 31.2 Å². The number of halogens is 3. The van der Waals surface area contributed by atoms with Crippen LogP contribution in [0, 0.1) is 5.92 Å². The minimum Gasteiger partial charge on any atom is -0.508 e. The van der Waals surface area contributed by atoms with Gasteiger partial charge in [0, 0.05) is 6.04 Å². The number of rotatable bonds is 4. The molecule has 0 amide bonds. The minimum atomic E-state index is -4.06. The van der Waals surface area contributed by atoms with Gasteiger partial charge in [0.15, 0.2) is 0 Å². The van der Waals surface area contributed by atoms with Crippen LogP contribution in [0.5, 0.6) is 5.75 Å². The van der Waals surface area contributed by atoms with Gasteiger partial charge in [-0.3, -0.25) is 0 Å². The number of aromatic hydroxyl groups is 1. The number of nitrogens with one attached hydrogen (secondary N) is 1. The van der Waals surface area contributed by atoms with E-state index < -0.39 is 12.1 Å². The van der Waals surface area contributed by atoms with Gasteiger partial charge in [0.25, 0.3) is 0 Å². The average molecular weight is 287 g/mol. The van der Waals surface area contributed by atoms with E-state index in [4.69, 9.17) is 5.11 Å². The smallest absolute Gasteiger partial charge is 0.391 e. The van der Waals surface area contributed by atoms with Crippen LogP contribution in [0.25, 0.3) is 0 Å². The fourth-order valence-electron chi connectivity index (χ4n) is 2.76. The summed E-state index contributed by atoms with van der Waals surface area (Å²) < 4.78 is 38.1. The Kier molecular flexibility index (Phi) is 4.91. The van der Waals surface area contributed by atoms with Crippen molar-refractivity contribution in [2.45, 2.75) is 44.3 Å². The van der Waals surface area contributed by atoms with Crippen molar-refractivity contribution in [3.8, 4) is 5.75 Å². The Morgan fingerprint density at radius 3 is 2.50 bits per heavy atom. The van der Waals surface area contributed by atoms with Crippen LogP contribution in [-0.2, 0) is 6.42 Å². The van der Waals surface area contributed by atoms with Crippen molar-refractivity contribution in [2.24, 2.45) is 5.92 Å². The molecule has 1 aliphatic carbocycles. The first-order valence-corrected chi connectivity index (χ1v) is 7.03. The molecule has 2 N–H and O–H groups in total. The molecular weight excluding hydrogens is 267 g/mol. The molecule has 2 nitrogen and oxygen atoms in total. The summed E-state index contributed by atoms with van der Waals surface area (Å²) in [6.07, 6.45) is -1.38. The van der Waals surface area contributed by atoms with Crippen LogP contribution in [0.4, 0.5) is 13.2 Å². The molecule has 1 fully saturated rings. The van der Waals surface area contributed by atoms with E-state index in [1.165, 1.54) is 0 Å². The predicted molar refractivity (Wildman–Crippen MR) is 71.6 cm³/mol. The number of phenolic OH excluding ortho intramolecular Hbond substituents is 1. The van der Waals surface area contributed by atoms with Gasteiger partial charge in [-0.05, 0) is 49.9 Å². The maximum absolute atomic E-state index is 12.7. The molecule has 1 aromatic rings. The molecule has 0 bridgehead atoms. The van der Waals surface area contributed by atoms with Crippen molar-refractivity contribution < 1.29 is 18.3 Å². The lowest BCUT2D eigenvalue weighted by molar-refractivity contribution is -0.183. The Labute approximate surface area is 117 Å². The highest BCUT2D eigenvalue weighted by Crippen LogP contribution is 2.37. The van der Waals surface area contributed by atoms with E-state index in [-0.39, 0.29) is 24.6 Å². The second-order valence-corrected chi connectivity index (χ2v) is 5.47. The van der Waals surface area contributed by atoms with Gasteiger partial charge in [0.2, 0.25) is 0 Å². The lowest BCUT2D eigenvalue weighted by Crippen LogP contribution is -2.39. The second-order valence-electron chi connectivity index (χ2n) is 5.47. The van der Waals surface area contributed by atoms with Gasteiger partial charge in [-0.2, -0.15) is 13.2 Å². The maximum Gasteiger partial charge on any atom is 0.391 e. The molecule has 0 aromatic heterocycles. The van der Waals surface area contributed by atoms with Gasteiger partial charge in [-0.25, -0.2) is 0 Å². The number of alkyl halides is 3. The monoisotopic (exact) mass is 287 g/mol. The first-order valence-electron chi connectivity index (χ1n) is 7.03. The number of hydrogen-bond acceptors (Lipinski definition) is 2. The Balaban J connectivity index is 1.75. The number of hydrogen-bond donors (Lipinski definition) is 2. The molecule has 0 saturated heterocycles. The van der Waals surface area contributed by atoms with Crippen LogP contribution in [0.15, 0.2) is 24.3 Å². The fraction of sp³-hybridized carbons (Fsp3) is 0.600. The largest absolute Gasteiger partial charge is 0.508 e. The average Bonchev–Trinajstić information content (AvgIpc) is 2.40. The summed E-state index contributed by atoms with van der Waals surface area (Å²) in [6, 6.07) is 6.87. The first kappa shape index (κ1) is 15.2. The molecule has 2 unspecified atom stereocenters. The van der Waals surface area contributed by atoms with E-state index in [0.29, 0.717) is 13.0 Å². The fourth-order valence-corrected chi connectivity index (χ4v) is 2.76. The van der Waals surface area contributed by atoms with Crippen molar-refractivity contribution in [3.05, 3.63) is 29.8 Å². The Bertz CT molecular complexity index is 416. The summed E-state index contributed by atoms with van der Waals surface area (Å²) in [5.74, 6) is -0.926. The van der Waals surface area contributed by atoms with Crippen LogP contribution in [-0.4, -0.2) is 23.9 Å². The third kappa shape index (κ3) is 4.40. The van der Waals surface area contributed by atoms with E-state index in [0.717, 1.165) is 18.4 Å². The molecule has 1 aliphatic rings. The molecular formula is C15H20F3NO. The summed E-state index contributed by atoms with van der Waals surface area (Å²) in [7, 11) is 0. The van der Waals surface area contributed by atoms with E-state index in [1.807, 2.05) is 12.1 Å². The lowest BCUT2D eigenvalue weighted by Gasteiger charge is -2.31. The molecule has 0 heterocycles. The molecule has 2 atom stereocenters. The minimum absolute atomic E-state index is 0.0347. The first-order chi connectivity index (χ1) is 9.45. The molecule has 1 aromatic carbocycles. The quantitative estimate of drug-likeness (QED) is 0.886. The highest BCUT2D eigenvalue weighted by Gasteiger charge is 2.41. The van der Waals surface area contributed by atoms with Gasteiger partial charge < -0.3 is 10.4 Å². The highest BCUT2D eigenvalue weighted by atomic mass is 19.4. The highest BCUT2D eigenvalue weighted by molar-refractivity contribution is 5.25. The van der Waals surface area contributed by atoms with Crippen molar-refractivity contribution in [1.82, 2.24) is 5.32 Å². The van der Waals surface area contributed by atoms with Crippen molar-refractivity contribution >= 4 is 0 Å². The second kappa shape index (κ2) is 6.48. The van der Waals surface area contributed by atoms with Gasteiger partial charge >= 0.3 is 6.18 Å². The third-order valence-electron chi connectivity index (χ3n) is 3.92. The molecule has 0 aliphatic heterocycles. The number of phenols is 1. The Morgan fingerprint density at radius 2 is 1.85 bits per heavy atom. The van der Waals surface area contributed by atoms with Gasteiger partial charge in [0.1, 0.15) is 5.75 Å². The summed E-state index contributed by atoms with van der Waals surface area (Å²) in [6.45, 7) is 0.667. The Hall–Kier alpha value is -1.23. The SMILES string of the molecule is Oc1ccc(CCNC2CCCC(C(F)(F)F)C2)cc1. The molecule has 2 rings (SSSR count). The van der Waals surface area contributed by atoms with E-state index in [2.05, 4.69) is 5.32 Å². The maximum atomic E-state index is 12.7. The molecule has 5 heteroatoms. The van der Waals surface area contributed by atoms with Gasteiger partial charge in [0.05, 0.1) is 5.92 Å². The van der Waals surface area contributed by atoms with E-state index in [1.54, 1.807) is 12.1 Å². The van der Waals surface area contributed by atoms with Crippen LogP contribution in [0.2, 0.25) is 0 Å². The normalized spacial score (nSPS) is 23.8. The van der Waals surface area contributed by atoms with Gasteiger partial charge in [-0.1, -0.05) is 18.6 Å². The predicted octanol–water partition coefficient (Wildman–Crippen LogP) is 3.65. The molecule has 20 heavy (non-hydrogen) atoms. The van der Waals surface area contributed by atoms with Crippen molar-refractivity contribution in [1.29, 1.82) is 0 Å². The zero-order valence-corrected chi connectivity index (χ0v) is 11.3. The van der Waals surface area contributed by atoms with E-state index in [9.17, 15) is 13.2 Å². The topological polar surface area (TPSA) is 32.3 Å². The Morgan fingerprint density at radius 1 is 1.15 bits per heavy atom. The molecule has 0 spiro atoms. The number of benzene rings is 1. The van der Waals surface area contributed by atoms with Crippen molar-refractivity contribution in [2.75, 3.05) is 6.54 Å². The summed E-state index contributed by atoms with van der Waals surface area (Å²) >= 11 is 0. The standard InChI is InChI=1S/C15H20F3NO/c16-15(17,18)12-2-1-3-13(10-12)19-9-8-11-4-6-14(20)7-5-11/h4-7,12-13,19-20H,1-3,8-10H2. The summed E-state index contributed by atoms with van der Waals surface area (Å²) in [4.78, 5) is 0. The molecule has 112 valence electrons. The van der Waals surface area contributed by atoms with Crippen LogP contribution < -0.4 is 5.32 Å². The molecule has 0 radical (unpaired) electrons. The zero-order valence-electron chi connectivity index (χ0n) is 11.3. The summed E-state index contributed by atoms with van der Waals surface area (Å²) in [5.41, 5.74) is 1.07. The summed E-state index contributed by atoms with van der Waals surface area (Å²) in [5, 5.41) is 12.4. The van der Waals surface area contributed by atoms with E-state index >= 15 is 0 Å².